The first-order valence-electron chi connectivity index (χ1n) is 6.03. The number of aryl methyl sites for hydroxylation is 1. The Morgan fingerprint density at radius 2 is 2.12 bits per heavy atom. The number of rotatable bonds is 2. The second kappa shape index (κ2) is 4.06. The van der Waals surface area contributed by atoms with Gasteiger partial charge in [-0.15, -0.1) is 0 Å². The van der Waals surface area contributed by atoms with Crippen LogP contribution in [0.1, 0.15) is 42.6 Å². The molecular formula is C14H19NO2. The van der Waals surface area contributed by atoms with E-state index in [2.05, 4.69) is 18.7 Å². The van der Waals surface area contributed by atoms with E-state index in [1.807, 2.05) is 19.1 Å². The first-order chi connectivity index (χ1) is 7.92. The van der Waals surface area contributed by atoms with E-state index in [0.717, 1.165) is 30.6 Å². The largest absolute Gasteiger partial charge is 0.478 e. The van der Waals surface area contributed by atoms with Crippen LogP contribution in [-0.4, -0.2) is 23.2 Å². The molecule has 92 valence electrons. The number of carboxylic acids is 1. The smallest absolute Gasteiger partial charge is 0.337 e. The third kappa shape index (κ3) is 2.14. The normalized spacial score (nSPS) is 18.4. The Bertz CT molecular complexity index is 452. The third-order valence-corrected chi connectivity index (χ3v) is 3.57. The summed E-state index contributed by atoms with van der Waals surface area (Å²) in [4.78, 5) is 13.5. The molecule has 1 N–H and O–H groups in total. The maximum absolute atomic E-state index is 11.3. The molecule has 0 spiro atoms. The van der Waals surface area contributed by atoms with Crippen LogP contribution in [-0.2, 0) is 0 Å². The lowest BCUT2D eigenvalue weighted by Crippen LogP contribution is -2.39. The molecule has 1 aromatic carbocycles. The van der Waals surface area contributed by atoms with Crippen molar-refractivity contribution in [3.8, 4) is 0 Å². The number of carbonyl (C=O) groups is 1. The zero-order valence-electron chi connectivity index (χ0n) is 10.7. The van der Waals surface area contributed by atoms with Crippen molar-refractivity contribution < 1.29 is 9.90 Å². The molecule has 1 aliphatic heterocycles. The zero-order chi connectivity index (χ0) is 12.6. The van der Waals surface area contributed by atoms with Gasteiger partial charge in [-0.05, 0) is 45.7 Å². The summed E-state index contributed by atoms with van der Waals surface area (Å²) in [5, 5.41) is 9.29. The van der Waals surface area contributed by atoms with Crippen molar-refractivity contribution >= 4 is 11.7 Å². The SMILES string of the molecule is Cc1ccc(N2CCCC2(C)C)c(C(=O)O)c1. The zero-order valence-corrected chi connectivity index (χ0v) is 10.7. The number of hydrogen-bond acceptors (Lipinski definition) is 2. The summed E-state index contributed by atoms with van der Waals surface area (Å²) in [6, 6.07) is 5.67. The fourth-order valence-electron chi connectivity index (χ4n) is 2.61. The highest BCUT2D eigenvalue weighted by Gasteiger charge is 2.33. The molecular weight excluding hydrogens is 214 g/mol. The van der Waals surface area contributed by atoms with E-state index in [0.29, 0.717) is 5.56 Å². The molecule has 1 heterocycles. The number of anilines is 1. The number of nitrogens with zero attached hydrogens (tertiary/aromatic N) is 1. The Morgan fingerprint density at radius 3 is 2.65 bits per heavy atom. The highest BCUT2D eigenvalue weighted by Crippen LogP contribution is 2.35. The molecule has 1 aromatic rings. The predicted octanol–water partition coefficient (Wildman–Crippen LogP) is 3.07. The molecule has 0 unspecified atom stereocenters. The standard InChI is InChI=1S/C14H19NO2/c1-10-5-6-12(11(9-10)13(16)17)15-8-4-7-14(15,2)3/h5-6,9H,4,7-8H2,1-3H3,(H,16,17). The predicted molar refractivity (Wildman–Crippen MR) is 68.8 cm³/mol. The summed E-state index contributed by atoms with van der Waals surface area (Å²) >= 11 is 0. The average Bonchev–Trinajstić information content (AvgIpc) is 2.58. The lowest BCUT2D eigenvalue weighted by Gasteiger charge is -2.34. The Labute approximate surface area is 102 Å². The van der Waals surface area contributed by atoms with Gasteiger partial charge in [0.25, 0.3) is 0 Å². The summed E-state index contributed by atoms with van der Waals surface area (Å²) in [7, 11) is 0. The van der Waals surface area contributed by atoms with Gasteiger partial charge in [-0.2, -0.15) is 0 Å². The molecule has 0 saturated carbocycles. The van der Waals surface area contributed by atoms with Crippen LogP contribution < -0.4 is 4.90 Å². The topological polar surface area (TPSA) is 40.5 Å². The maximum atomic E-state index is 11.3. The van der Waals surface area contributed by atoms with Crippen LogP contribution >= 0.6 is 0 Å². The van der Waals surface area contributed by atoms with Crippen LogP contribution in [0.25, 0.3) is 0 Å². The molecule has 0 radical (unpaired) electrons. The number of benzene rings is 1. The van der Waals surface area contributed by atoms with Gasteiger partial charge >= 0.3 is 5.97 Å². The second-order valence-corrected chi connectivity index (χ2v) is 5.39. The average molecular weight is 233 g/mol. The monoisotopic (exact) mass is 233 g/mol. The maximum Gasteiger partial charge on any atom is 0.337 e. The van der Waals surface area contributed by atoms with Gasteiger partial charge in [0.2, 0.25) is 0 Å². The first-order valence-corrected chi connectivity index (χ1v) is 6.03. The molecule has 0 bridgehead atoms. The summed E-state index contributed by atoms with van der Waals surface area (Å²) in [5.74, 6) is -0.841. The summed E-state index contributed by atoms with van der Waals surface area (Å²) in [5.41, 5.74) is 2.31. The van der Waals surface area contributed by atoms with Crippen molar-refractivity contribution in [3.05, 3.63) is 29.3 Å². The van der Waals surface area contributed by atoms with E-state index in [9.17, 15) is 9.90 Å². The Hall–Kier alpha value is -1.51. The summed E-state index contributed by atoms with van der Waals surface area (Å²) in [6.07, 6.45) is 2.24. The number of aromatic carboxylic acids is 1. The lowest BCUT2D eigenvalue weighted by molar-refractivity contribution is 0.0697. The molecule has 1 aliphatic rings. The molecule has 3 nitrogen and oxygen atoms in total. The fourth-order valence-corrected chi connectivity index (χ4v) is 2.61. The number of hydrogen-bond donors (Lipinski definition) is 1. The minimum absolute atomic E-state index is 0.0550. The summed E-state index contributed by atoms with van der Waals surface area (Å²) < 4.78 is 0. The van der Waals surface area contributed by atoms with Crippen LogP contribution in [0.4, 0.5) is 5.69 Å². The molecule has 1 saturated heterocycles. The van der Waals surface area contributed by atoms with Crippen molar-refractivity contribution in [2.75, 3.05) is 11.4 Å². The summed E-state index contributed by atoms with van der Waals surface area (Å²) in [6.45, 7) is 7.21. The van der Waals surface area contributed by atoms with Crippen molar-refractivity contribution in [3.63, 3.8) is 0 Å². The van der Waals surface area contributed by atoms with Crippen molar-refractivity contribution in [1.29, 1.82) is 0 Å². The van der Waals surface area contributed by atoms with Crippen molar-refractivity contribution in [1.82, 2.24) is 0 Å². The quantitative estimate of drug-likeness (QED) is 0.853. The van der Waals surface area contributed by atoms with Gasteiger partial charge in [-0.25, -0.2) is 4.79 Å². The molecule has 1 fully saturated rings. The molecule has 0 aromatic heterocycles. The van der Waals surface area contributed by atoms with E-state index in [1.54, 1.807) is 6.07 Å². The van der Waals surface area contributed by atoms with Gasteiger partial charge in [0.05, 0.1) is 11.3 Å². The Morgan fingerprint density at radius 1 is 1.41 bits per heavy atom. The van der Waals surface area contributed by atoms with Gasteiger partial charge < -0.3 is 10.0 Å². The molecule has 0 amide bonds. The molecule has 0 atom stereocenters. The van der Waals surface area contributed by atoms with Gasteiger partial charge in [0.15, 0.2) is 0 Å². The van der Waals surface area contributed by atoms with E-state index < -0.39 is 5.97 Å². The van der Waals surface area contributed by atoms with Gasteiger partial charge in [-0.1, -0.05) is 11.6 Å². The molecule has 3 heteroatoms. The number of carboxylic acid groups (broad SMARTS) is 1. The van der Waals surface area contributed by atoms with Gasteiger partial charge in [-0.3, -0.25) is 0 Å². The minimum atomic E-state index is -0.841. The molecule has 0 aliphatic carbocycles. The first kappa shape index (κ1) is 12.0. The Balaban J connectivity index is 2.48. The van der Waals surface area contributed by atoms with Crippen LogP contribution in [0.5, 0.6) is 0 Å². The lowest BCUT2D eigenvalue weighted by atomic mass is 10.00. The van der Waals surface area contributed by atoms with E-state index in [1.165, 1.54) is 0 Å². The second-order valence-electron chi connectivity index (χ2n) is 5.39. The third-order valence-electron chi connectivity index (χ3n) is 3.57. The van der Waals surface area contributed by atoms with Crippen LogP contribution in [0.2, 0.25) is 0 Å². The Kier molecular flexibility index (Phi) is 2.86. The fraction of sp³-hybridized carbons (Fsp3) is 0.500. The van der Waals surface area contributed by atoms with E-state index in [4.69, 9.17) is 0 Å². The van der Waals surface area contributed by atoms with E-state index in [-0.39, 0.29) is 5.54 Å². The van der Waals surface area contributed by atoms with Crippen LogP contribution in [0, 0.1) is 6.92 Å². The van der Waals surface area contributed by atoms with Crippen LogP contribution in [0.3, 0.4) is 0 Å². The van der Waals surface area contributed by atoms with Gasteiger partial charge in [0, 0.05) is 12.1 Å². The molecule has 17 heavy (non-hydrogen) atoms. The van der Waals surface area contributed by atoms with E-state index >= 15 is 0 Å². The van der Waals surface area contributed by atoms with Crippen molar-refractivity contribution in [2.24, 2.45) is 0 Å². The van der Waals surface area contributed by atoms with Crippen LogP contribution in [0.15, 0.2) is 18.2 Å². The highest BCUT2D eigenvalue weighted by atomic mass is 16.4. The highest BCUT2D eigenvalue weighted by molar-refractivity contribution is 5.95. The van der Waals surface area contributed by atoms with Gasteiger partial charge in [0.1, 0.15) is 0 Å². The molecule has 2 rings (SSSR count). The van der Waals surface area contributed by atoms with Crippen molar-refractivity contribution in [2.45, 2.75) is 39.2 Å². The minimum Gasteiger partial charge on any atom is -0.478 e.